The van der Waals surface area contributed by atoms with Gasteiger partial charge in [-0.2, -0.15) is 0 Å². The molecule has 1 aliphatic carbocycles. The average molecular weight is 379 g/mol. The maximum absolute atomic E-state index is 13.0. The number of hydrogen-bond donors (Lipinski definition) is 0. The van der Waals surface area contributed by atoms with Crippen LogP contribution in [0.5, 0.6) is 0 Å². The van der Waals surface area contributed by atoms with Crippen molar-refractivity contribution in [2.24, 2.45) is 0 Å². The van der Waals surface area contributed by atoms with E-state index in [1.807, 2.05) is 32.0 Å². The molecule has 2 aliphatic rings. The fraction of sp³-hybridized carbons (Fsp3) is 0.238. The van der Waals surface area contributed by atoms with Gasteiger partial charge in [-0.25, -0.2) is 4.98 Å². The highest BCUT2D eigenvalue weighted by Gasteiger charge is 2.41. The molecule has 0 saturated carbocycles. The summed E-state index contributed by atoms with van der Waals surface area (Å²) in [5, 5.41) is 1.60. The van der Waals surface area contributed by atoms with Gasteiger partial charge < -0.3 is 4.57 Å². The number of nitrogens with zero attached hydrogens (tertiary/aromatic N) is 2. The lowest BCUT2D eigenvalue weighted by molar-refractivity contribution is -0.115. The third-order valence-corrected chi connectivity index (χ3v) is 6.03. The van der Waals surface area contributed by atoms with Gasteiger partial charge in [-0.1, -0.05) is 18.5 Å². The van der Waals surface area contributed by atoms with E-state index in [9.17, 15) is 14.4 Å². The summed E-state index contributed by atoms with van der Waals surface area (Å²) in [6.07, 6.45) is 0.493. The fourth-order valence-electron chi connectivity index (χ4n) is 4.22. The molecule has 1 unspecified atom stereocenters. The normalized spacial score (nSPS) is 17.4. The monoisotopic (exact) mass is 378 g/mol. The lowest BCUT2D eigenvalue weighted by Gasteiger charge is -2.09. The van der Waals surface area contributed by atoms with Crippen LogP contribution in [-0.2, 0) is 11.3 Å². The number of pyridine rings is 2. The highest BCUT2D eigenvalue weighted by molar-refractivity contribution is 6.48. The Morgan fingerprint density at radius 2 is 1.96 bits per heavy atom. The number of carbonyl (C=O) groups is 2. The summed E-state index contributed by atoms with van der Waals surface area (Å²) >= 11 is 6.24. The number of aryl methyl sites for hydroxylation is 1. The molecule has 5 nitrogen and oxygen atoms in total. The molecule has 3 heterocycles. The van der Waals surface area contributed by atoms with Gasteiger partial charge in [0.1, 0.15) is 0 Å². The van der Waals surface area contributed by atoms with Crippen LogP contribution < -0.4 is 5.56 Å². The first-order chi connectivity index (χ1) is 12.9. The molecule has 6 heteroatoms. The van der Waals surface area contributed by atoms with Crippen molar-refractivity contribution in [1.29, 1.82) is 0 Å². The molecule has 0 fully saturated rings. The van der Waals surface area contributed by atoms with Crippen molar-refractivity contribution in [2.75, 3.05) is 0 Å². The molecule has 0 amide bonds. The molecule has 5 rings (SSSR count). The number of carbonyl (C=O) groups excluding carboxylic acids is 2. The van der Waals surface area contributed by atoms with E-state index in [2.05, 4.69) is 0 Å². The quantitative estimate of drug-likeness (QED) is 0.474. The molecular weight excluding hydrogens is 364 g/mol. The number of Topliss-reactive ketones (excluding diaryl/α,β-unsaturated/α-hetero) is 2. The van der Waals surface area contributed by atoms with Crippen LogP contribution in [0.4, 0.5) is 0 Å². The smallest absolute Gasteiger partial charge is 0.263 e. The summed E-state index contributed by atoms with van der Waals surface area (Å²) < 4.78 is 1.55. The Balaban J connectivity index is 1.80. The van der Waals surface area contributed by atoms with E-state index in [0.29, 0.717) is 34.9 Å². The summed E-state index contributed by atoms with van der Waals surface area (Å²) in [4.78, 5) is 42.3. The van der Waals surface area contributed by atoms with E-state index in [1.165, 1.54) is 0 Å². The van der Waals surface area contributed by atoms with Crippen LogP contribution in [0.25, 0.3) is 22.3 Å². The third-order valence-electron chi connectivity index (χ3n) is 5.63. The summed E-state index contributed by atoms with van der Waals surface area (Å²) in [5.74, 6) is -1.68. The molecule has 3 aromatic rings. The zero-order chi connectivity index (χ0) is 19.0. The van der Waals surface area contributed by atoms with Gasteiger partial charge >= 0.3 is 0 Å². The van der Waals surface area contributed by atoms with Gasteiger partial charge in [-0.05, 0) is 48.7 Å². The third kappa shape index (κ3) is 2.06. The molecule has 1 aliphatic heterocycles. The first-order valence-electron chi connectivity index (χ1n) is 8.87. The molecule has 134 valence electrons. The largest absolute Gasteiger partial charge is 0.302 e. The summed E-state index contributed by atoms with van der Waals surface area (Å²) in [6, 6.07) is 7.62. The molecule has 1 aromatic carbocycles. The van der Waals surface area contributed by atoms with Crippen LogP contribution >= 0.6 is 11.6 Å². The second kappa shape index (κ2) is 5.36. The lowest BCUT2D eigenvalue weighted by Crippen LogP contribution is -2.26. The highest BCUT2D eigenvalue weighted by Crippen LogP contribution is 2.38. The summed E-state index contributed by atoms with van der Waals surface area (Å²) in [5.41, 5.74) is 4.20. The zero-order valence-corrected chi connectivity index (χ0v) is 15.6. The van der Waals surface area contributed by atoms with Crippen LogP contribution in [0.1, 0.15) is 46.3 Å². The molecular formula is C21H15ClN2O3. The lowest BCUT2D eigenvalue weighted by atomic mass is 9.97. The van der Waals surface area contributed by atoms with Gasteiger partial charge in [0.05, 0.1) is 34.9 Å². The minimum atomic E-state index is -0.659. The second-order valence-corrected chi connectivity index (χ2v) is 7.60. The molecule has 0 N–H and O–H groups in total. The van der Waals surface area contributed by atoms with E-state index >= 15 is 0 Å². The minimum absolute atomic E-state index is 0.0341. The predicted octanol–water partition coefficient (Wildman–Crippen LogP) is 3.65. The Morgan fingerprint density at radius 1 is 1.19 bits per heavy atom. The van der Waals surface area contributed by atoms with Crippen molar-refractivity contribution < 1.29 is 9.59 Å². The first kappa shape index (κ1) is 16.4. The SMILES string of the molecule is CCC1C(=O)C(=O)c2c1cc1n(c2=O)Cc2cc3cc(C)c(Cl)cc3nc2-1. The fourth-order valence-corrected chi connectivity index (χ4v) is 4.37. The number of aromatic nitrogens is 2. The molecule has 1 atom stereocenters. The van der Waals surface area contributed by atoms with Gasteiger partial charge in [-0.15, -0.1) is 0 Å². The topological polar surface area (TPSA) is 69.0 Å². The Bertz CT molecular complexity index is 1270. The van der Waals surface area contributed by atoms with Gasteiger partial charge in [0, 0.05) is 16.0 Å². The van der Waals surface area contributed by atoms with Gasteiger partial charge in [0.2, 0.25) is 11.6 Å². The molecule has 0 spiro atoms. The summed E-state index contributed by atoms with van der Waals surface area (Å²) in [6.45, 7) is 4.13. The molecule has 0 bridgehead atoms. The number of benzene rings is 1. The highest BCUT2D eigenvalue weighted by atomic mass is 35.5. The van der Waals surface area contributed by atoms with Crippen LogP contribution in [0.3, 0.4) is 0 Å². The number of fused-ring (bicyclic) bond motifs is 5. The number of ketones is 2. The van der Waals surface area contributed by atoms with Crippen molar-refractivity contribution in [1.82, 2.24) is 9.55 Å². The van der Waals surface area contributed by atoms with E-state index in [4.69, 9.17) is 16.6 Å². The van der Waals surface area contributed by atoms with Crippen molar-refractivity contribution in [2.45, 2.75) is 32.7 Å². The van der Waals surface area contributed by atoms with Crippen molar-refractivity contribution in [3.05, 3.63) is 61.9 Å². The van der Waals surface area contributed by atoms with Crippen molar-refractivity contribution in [3.8, 4) is 11.4 Å². The molecule has 27 heavy (non-hydrogen) atoms. The second-order valence-electron chi connectivity index (χ2n) is 7.20. The van der Waals surface area contributed by atoms with Crippen LogP contribution in [0.2, 0.25) is 5.02 Å². The first-order valence-corrected chi connectivity index (χ1v) is 9.25. The minimum Gasteiger partial charge on any atom is -0.302 e. The predicted molar refractivity (Wildman–Crippen MR) is 103 cm³/mol. The Kier molecular flexibility index (Phi) is 3.25. The molecule has 0 radical (unpaired) electrons. The van der Waals surface area contributed by atoms with Gasteiger partial charge in [0.15, 0.2) is 0 Å². The average Bonchev–Trinajstić information content (AvgIpc) is 3.10. The molecule has 0 saturated heterocycles. The van der Waals surface area contributed by atoms with Crippen molar-refractivity contribution in [3.63, 3.8) is 0 Å². The van der Waals surface area contributed by atoms with Crippen LogP contribution in [0, 0.1) is 6.92 Å². The number of hydrogen-bond acceptors (Lipinski definition) is 4. The van der Waals surface area contributed by atoms with Crippen LogP contribution in [0.15, 0.2) is 29.1 Å². The van der Waals surface area contributed by atoms with E-state index in [1.54, 1.807) is 10.6 Å². The maximum Gasteiger partial charge on any atom is 0.263 e. The van der Waals surface area contributed by atoms with Gasteiger partial charge in [-0.3, -0.25) is 14.4 Å². The van der Waals surface area contributed by atoms with Gasteiger partial charge in [0.25, 0.3) is 5.56 Å². The molecule has 2 aromatic heterocycles. The van der Waals surface area contributed by atoms with Crippen LogP contribution in [-0.4, -0.2) is 21.1 Å². The number of rotatable bonds is 1. The van der Waals surface area contributed by atoms with E-state index in [0.717, 1.165) is 22.0 Å². The number of halogens is 1. The Morgan fingerprint density at radius 3 is 2.70 bits per heavy atom. The van der Waals surface area contributed by atoms with E-state index < -0.39 is 23.0 Å². The Hall–Kier alpha value is -2.79. The Labute approximate surface area is 159 Å². The van der Waals surface area contributed by atoms with Crippen molar-refractivity contribution >= 4 is 34.1 Å². The summed E-state index contributed by atoms with van der Waals surface area (Å²) in [7, 11) is 0. The standard InChI is InChI=1S/C21H15ClN2O3/c1-3-12-13-6-16-18-11(5-10-4-9(2)14(22)7-15(10)23-18)8-24(16)21(27)17(13)20(26)19(12)25/h4-7,12H,3,8H2,1-2H3. The maximum atomic E-state index is 13.0. The zero-order valence-electron chi connectivity index (χ0n) is 14.8. The van der Waals surface area contributed by atoms with E-state index in [-0.39, 0.29) is 5.56 Å².